The molecule has 0 saturated heterocycles. The normalized spacial score (nSPS) is 24.6. The Morgan fingerprint density at radius 1 is 1.16 bits per heavy atom. The molecule has 4 rings (SSSR count). The highest BCUT2D eigenvalue weighted by molar-refractivity contribution is 6.30. The molecule has 1 spiro atoms. The Morgan fingerprint density at radius 3 is 2.60 bits per heavy atom. The molecular formula is C20H18ClNO3. The van der Waals surface area contributed by atoms with Crippen LogP contribution in [0.25, 0.3) is 0 Å². The van der Waals surface area contributed by atoms with E-state index in [-0.39, 0.29) is 17.2 Å². The van der Waals surface area contributed by atoms with E-state index < -0.39 is 12.0 Å². The monoisotopic (exact) mass is 355 g/mol. The van der Waals surface area contributed by atoms with Crippen molar-refractivity contribution in [2.24, 2.45) is 5.92 Å². The zero-order valence-corrected chi connectivity index (χ0v) is 14.3. The summed E-state index contributed by atoms with van der Waals surface area (Å²) in [5, 5.41) is 12.8. The third-order valence-corrected chi connectivity index (χ3v) is 5.77. The summed E-state index contributed by atoms with van der Waals surface area (Å²) in [6.45, 7) is 0. The number of rotatable bonds is 4. The summed E-state index contributed by atoms with van der Waals surface area (Å²) in [6.07, 6.45) is 2.74. The molecule has 2 aromatic carbocycles. The zero-order chi connectivity index (χ0) is 17.6. The maximum atomic E-state index is 12.7. The number of carbonyl (C=O) groups excluding carboxylic acids is 1. The molecule has 1 saturated carbocycles. The minimum Gasteiger partial charge on any atom is -0.479 e. The summed E-state index contributed by atoms with van der Waals surface area (Å²) in [5.74, 6) is -1.40. The summed E-state index contributed by atoms with van der Waals surface area (Å²) < 4.78 is 0. The fourth-order valence-corrected chi connectivity index (χ4v) is 4.25. The SMILES string of the molecule is O=C(O)C(NC(=O)C1CC12CCc1ccccc12)c1ccc(Cl)cc1. The number of carboxylic acid groups (broad SMARTS) is 1. The summed E-state index contributed by atoms with van der Waals surface area (Å²) in [6, 6.07) is 13.7. The first-order valence-corrected chi connectivity index (χ1v) is 8.76. The van der Waals surface area contributed by atoms with Gasteiger partial charge in [-0.1, -0.05) is 48.0 Å². The van der Waals surface area contributed by atoms with Crippen molar-refractivity contribution in [2.45, 2.75) is 30.7 Å². The lowest BCUT2D eigenvalue weighted by atomic mass is 9.95. The standard InChI is InChI=1S/C20H18ClNO3/c21-14-7-5-13(6-8-14)17(19(24)25)22-18(23)16-11-20(16)10-9-12-3-1-2-4-15(12)20/h1-8,16-17H,9-11H2,(H,22,23)(H,24,25). The fourth-order valence-electron chi connectivity index (χ4n) is 4.13. The highest BCUT2D eigenvalue weighted by Gasteiger charge is 2.61. The minimum atomic E-state index is -1.07. The lowest BCUT2D eigenvalue weighted by Gasteiger charge is -2.17. The molecule has 2 N–H and O–H groups in total. The molecule has 3 unspecified atom stereocenters. The second kappa shape index (κ2) is 5.88. The highest BCUT2D eigenvalue weighted by Crippen LogP contribution is 2.61. The molecule has 1 fully saturated rings. The van der Waals surface area contributed by atoms with Crippen molar-refractivity contribution in [3.05, 3.63) is 70.2 Å². The third-order valence-electron chi connectivity index (χ3n) is 5.52. The van der Waals surface area contributed by atoms with Gasteiger partial charge in [-0.3, -0.25) is 4.79 Å². The lowest BCUT2D eigenvalue weighted by Crippen LogP contribution is -2.36. The quantitative estimate of drug-likeness (QED) is 0.882. The van der Waals surface area contributed by atoms with E-state index in [2.05, 4.69) is 17.4 Å². The van der Waals surface area contributed by atoms with Crippen LogP contribution in [-0.2, 0) is 21.4 Å². The number of hydrogen-bond donors (Lipinski definition) is 2. The third kappa shape index (κ3) is 2.71. The summed E-state index contributed by atoms with van der Waals surface area (Å²) in [5.41, 5.74) is 2.99. The molecule has 1 amide bonds. The molecule has 0 radical (unpaired) electrons. The molecule has 128 valence electrons. The Morgan fingerprint density at radius 2 is 1.88 bits per heavy atom. The molecule has 25 heavy (non-hydrogen) atoms. The zero-order valence-electron chi connectivity index (χ0n) is 13.5. The summed E-state index contributed by atoms with van der Waals surface area (Å²) in [7, 11) is 0. The first-order chi connectivity index (χ1) is 12.0. The molecule has 3 atom stereocenters. The van der Waals surface area contributed by atoms with Gasteiger partial charge in [0.05, 0.1) is 0 Å². The Hall–Kier alpha value is -2.33. The Labute approximate surface area is 150 Å². The lowest BCUT2D eigenvalue weighted by molar-refractivity contribution is -0.142. The molecule has 2 aromatic rings. The average molecular weight is 356 g/mol. The number of amides is 1. The van der Waals surface area contributed by atoms with Gasteiger partial charge in [0.25, 0.3) is 0 Å². The second-order valence-corrected chi connectivity index (χ2v) is 7.34. The smallest absolute Gasteiger partial charge is 0.330 e. The first-order valence-electron chi connectivity index (χ1n) is 8.38. The molecule has 0 heterocycles. The topological polar surface area (TPSA) is 66.4 Å². The Kier molecular flexibility index (Phi) is 3.80. The Balaban J connectivity index is 1.52. The van der Waals surface area contributed by atoms with Crippen molar-refractivity contribution < 1.29 is 14.7 Å². The van der Waals surface area contributed by atoms with Crippen LogP contribution in [0, 0.1) is 5.92 Å². The van der Waals surface area contributed by atoms with Crippen molar-refractivity contribution in [3.8, 4) is 0 Å². The molecule has 2 aliphatic rings. The van der Waals surface area contributed by atoms with E-state index in [1.54, 1.807) is 24.3 Å². The minimum absolute atomic E-state index is 0.0935. The van der Waals surface area contributed by atoms with E-state index in [1.165, 1.54) is 11.1 Å². The van der Waals surface area contributed by atoms with Crippen molar-refractivity contribution in [3.63, 3.8) is 0 Å². The van der Waals surface area contributed by atoms with Crippen LogP contribution in [0.5, 0.6) is 0 Å². The van der Waals surface area contributed by atoms with E-state index in [9.17, 15) is 14.7 Å². The number of aliphatic carboxylic acids is 1. The number of benzene rings is 2. The largest absolute Gasteiger partial charge is 0.479 e. The molecule has 0 aromatic heterocycles. The van der Waals surface area contributed by atoms with Crippen LogP contribution in [0.4, 0.5) is 0 Å². The number of hydrogen-bond acceptors (Lipinski definition) is 2. The number of halogens is 1. The highest BCUT2D eigenvalue weighted by atomic mass is 35.5. The average Bonchev–Trinajstić information content (AvgIpc) is 3.23. The summed E-state index contributed by atoms with van der Waals surface area (Å²) >= 11 is 5.86. The van der Waals surface area contributed by atoms with E-state index >= 15 is 0 Å². The van der Waals surface area contributed by atoms with Gasteiger partial charge in [-0.2, -0.15) is 0 Å². The van der Waals surface area contributed by atoms with Gasteiger partial charge in [-0.05, 0) is 48.1 Å². The van der Waals surface area contributed by atoms with E-state index in [1.807, 2.05) is 12.1 Å². The van der Waals surface area contributed by atoms with Gasteiger partial charge in [0.15, 0.2) is 6.04 Å². The molecule has 0 bridgehead atoms. The molecule has 5 heteroatoms. The van der Waals surface area contributed by atoms with Crippen LogP contribution >= 0.6 is 11.6 Å². The van der Waals surface area contributed by atoms with Gasteiger partial charge in [0.1, 0.15) is 0 Å². The molecular weight excluding hydrogens is 338 g/mol. The van der Waals surface area contributed by atoms with E-state index in [0.29, 0.717) is 10.6 Å². The second-order valence-electron chi connectivity index (χ2n) is 6.90. The van der Waals surface area contributed by atoms with Gasteiger partial charge < -0.3 is 10.4 Å². The van der Waals surface area contributed by atoms with E-state index in [4.69, 9.17) is 11.6 Å². The van der Waals surface area contributed by atoms with E-state index in [0.717, 1.165) is 19.3 Å². The van der Waals surface area contributed by atoms with Crippen LogP contribution in [0.2, 0.25) is 5.02 Å². The first kappa shape index (κ1) is 16.2. The van der Waals surface area contributed by atoms with Gasteiger partial charge in [0.2, 0.25) is 5.91 Å². The predicted octanol–water partition coefficient (Wildman–Crippen LogP) is 3.49. The van der Waals surface area contributed by atoms with Crippen LogP contribution in [0.3, 0.4) is 0 Å². The molecule has 0 aliphatic heterocycles. The van der Waals surface area contributed by atoms with Gasteiger partial charge >= 0.3 is 5.97 Å². The van der Waals surface area contributed by atoms with Gasteiger partial charge in [-0.15, -0.1) is 0 Å². The van der Waals surface area contributed by atoms with Crippen molar-refractivity contribution in [2.75, 3.05) is 0 Å². The fraction of sp³-hybridized carbons (Fsp3) is 0.300. The van der Waals surface area contributed by atoms with Crippen LogP contribution < -0.4 is 5.32 Å². The maximum Gasteiger partial charge on any atom is 0.330 e. The number of nitrogens with one attached hydrogen (secondary N) is 1. The van der Waals surface area contributed by atoms with Crippen LogP contribution in [-0.4, -0.2) is 17.0 Å². The van der Waals surface area contributed by atoms with Crippen molar-refractivity contribution in [1.82, 2.24) is 5.32 Å². The molecule has 2 aliphatic carbocycles. The van der Waals surface area contributed by atoms with Gasteiger partial charge in [0, 0.05) is 16.4 Å². The van der Waals surface area contributed by atoms with Crippen molar-refractivity contribution >= 4 is 23.5 Å². The number of aryl methyl sites for hydroxylation is 1. The predicted molar refractivity (Wildman–Crippen MR) is 94.5 cm³/mol. The van der Waals surface area contributed by atoms with Crippen molar-refractivity contribution in [1.29, 1.82) is 0 Å². The number of carboxylic acids is 1. The maximum absolute atomic E-state index is 12.7. The molecule has 4 nitrogen and oxygen atoms in total. The Bertz CT molecular complexity index is 848. The van der Waals surface area contributed by atoms with Crippen LogP contribution in [0.15, 0.2) is 48.5 Å². The number of fused-ring (bicyclic) bond motifs is 2. The summed E-state index contributed by atoms with van der Waals surface area (Å²) in [4.78, 5) is 24.4. The number of carbonyl (C=O) groups is 2. The van der Waals surface area contributed by atoms with Gasteiger partial charge in [-0.25, -0.2) is 4.79 Å². The van der Waals surface area contributed by atoms with Crippen LogP contribution in [0.1, 0.15) is 35.6 Å².